The van der Waals surface area contributed by atoms with E-state index in [0.717, 1.165) is 11.1 Å². The van der Waals surface area contributed by atoms with Crippen molar-refractivity contribution in [2.45, 2.75) is 13.0 Å². The van der Waals surface area contributed by atoms with Crippen LogP contribution >= 0.6 is 0 Å². The first-order valence-electron chi connectivity index (χ1n) is 6.94. The van der Waals surface area contributed by atoms with Crippen molar-refractivity contribution in [1.82, 2.24) is 10.2 Å². The number of methoxy groups -OCH3 is 1. The molecule has 1 amide bonds. The smallest absolute Gasteiger partial charge is 0.335 e. The summed E-state index contributed by atoms with van der Waals surface area (Å²) in [5.41, 5.74) is 2.25. The Morgan fingerprint density at radius 3 is 2.95 bits per heavy atom. The van der Waals surface area contributed by atoms with Gasteiger partial charge in [-0.1, -0.05) is 12.1 Å². The predicted molar refractivity (Wildman–Crippen MR) is 77.3 cm³/mol. The number of benzene rings is 1. The number of amides is 1. The van der Waals surface area contributed by atoms with Gasteiger partial charge in [-0.2, -0.15) is 0 Å². The third-order valence-corrected chi connectivity index (χ3v) is 3.57. The quantitative estimate of drug-likeness (QED) is 0.747. The highest BCUT2D eigenvalue weighted by Crippen LogP contribution is 2.22. The summed E-state index contributed by atoms with van der Waals surface area (Å²) < 4.78 is 4.88. The van der Waals surface area contributed by atoms with E-state index >= 15 is 0 Å². The standard InChI is InChI=1S/C15H20N2O4/c1-21-8-6-16-14(18)10-17-7-5-12-11(9-17)3-2-4-13(12)15(19)20/h2-4H,5-10H2,1H3,(H,16,18)(H,19,20). The second kappa shape index (κ2) is 7.19. The first-order chi connectivity index (χ1) is 10.1. The first kappa shape index (κ1) is 15.5. The van der Waals surface area contributed by atoms with Crippen molar-refractivity contribution in [3.63, 3.8) is 0 Å². The number of nitrogens with one attached hydrogen (secondary N) is 1. The lowest BCUT2D eigenvalue weighted by Gasteiger charge is -2.28. The van der Waals surface area contributed by atoms with E-state index in [2.05, 4.69) is 5.32 Å². The van der Waals surface area contributed by atoms with Crippen LogP contribution in [0.5, 0.6) is 0 Å². The Hall–Kier alpha value is -1.92. The Bertz CT molecular complexity index is 530. The van der Waals surface area contributed by atoms with Crippen LogP contribution in [-0.2, 0) is 22.5 Å². The number of nitrogens with zero attached hydrogens (tertiary/aromatic N) is 1. The molecule has 0 aromatic heterocycles. The van der Waals surface area contributed by atoms with Gasteiger partial charge < -0.3 is 15.2 Å². The number of carbonyl (C=O) groups excluding carboxylic acids is 1. The molecular weight excluding hydrogens is 272 g/mol. The molecule has 0 bridgehead atoms. The molecule has 0 unspecified atom stereocenters. The van der Waals surface area contributed by atoms with E-state index in [-0.39, 0.29) is 5.91 Å². The monoisotopic (exact) mass is 292 g/mol. The van der Waals surface area contributed by atoms with Crippen LogP contribution < -0.4 is 5.32 Å². The largest absolute Gasteiger partial charge is 0.478 e. The van der Waals surface area contributed by atoms with E-state index in [4.69, 9.17) is 4.74 Å². The van der Waals surface area contributed by atoms with Crippen LogP contribution in [0.15, 0.2) is 18.2 Å². The molecular formula is C15H20N2O4. The molecule has 2 rings (SSSR count). The molecule has 21 heavy (non-hydrogen) atoms. The van der Waals surface area contributed by atoms with Crippen LogP contribution in [0, 0.1) is 0 Å². The molecule has 0 saturated heterocycles. The average Bonchev–Trinajstić information content (AvgIpc) is 2.46. The maximum absolute atomic E-state index is 11.8. The number of aromatic carboxylic acids is 1. The van der Waals surface area contributed by atoms with Gasteiger partial charge in [0.25, 0.3) is 0 Å². The summed E-state index contributed by atoms with van der Waals surface area (Å²) in [5, 5.41) is 12.0. The molecule has 0 atom stereocenters. The Morgan fingerprint density at radius 2 is 2.24 bits per heavy atom. The number of rotatable bonds is 6. The molecule has 6 nitrogen and oxygen atoms in total. The normalized spacial score (nSPS) is 14.5. The van der Waals surface area contributed by atoms with Crippen LogP contribution in [0.4, 0.5) is 0 Å². The lowest BCUT2D eigenvalue weighted by Crippen LogP contribution is -2.41. The van der Waals surface area contributed by atoms with Gasteiger partial charge in [-0.3, -0.25) is 9.69 Å². The molecule has 1 aliphatic heterocycles. The zero-order chi connectivity index (χ0) is 15.2. The molecule has 0 aliphatic carbocycles. The minimum Gasteiger partial charge on any atom is -0.478 e. The summed E-state index contributed by atoms with van der Waals surface area (Å²) in [7, 11) is 1.59. The summed E-state index contributed by atoms with van der Waals surface area (Å²) in [6.07, 6.45) is 0.656. The van der Waals surface area contributed by atoms with E-state index in [1.807, 2.05) is 11.0 Å². The van der Waals surface area contributed by atoms with Gasteiger partial charge in [-0.05, 0) is 23.6 Å². The minimum absolute atomic E-state index is 0.0371. The number of hydrogen-bond acceptors (Lipinski definition) is 4. The molecule has 1 heterocycles. The van der Waals surface area contributed by atoms with Gasteiger partial charge in [0.2, 0.25) is 5.91 Å². The van der Waals surface area contributed by atoms with Crippen LogP contribution in [-0.4, -0.2) is 55.2 Å². The summed E-state index contributed by atoms with van der Waals surface area (Å²) in [6, 6.07) is 5.31. The maximum Gasteiger partial charge on any atom is 0.335 e. The highest BCUT2D eigenvalue weighted by molar-refractivity contribution is 5.90. The molecule has 1 aliphatic rings. The number of ether oxygens (including phenoxy) is 1. The van der Waals surface area contributed by atoms with Gasteiger partial charge in [-0.15, -0.1) is 0 Å². The molecule has 1 aromatic carbocycles. The average molecular weight is 292 g/mol. The first-order valence-corrected chi connectivity index (χ1v) is 6.94. The lowest BCUT2D eigenvalue weighted by molar-refractivity contribution is -0.122. The summed E-state index contributed by atoms with van der Waals surface area (Å²) >= 11 is 0. The Labute approximate surface area is 123 Å². The van der Waals surface area contributed by atoms with Crippen LogP contribution in [0.2, 0.25) is 0 Å². The molecule has 0 radical (unpaired) electrons. The van der Waals surface area contributed by atoms with Crippen molar-refractivity contribution >= 4 is 11.9 Å². The summed E-state index contributed by atoms with van der Waals surface area (Å²) in [4.78, 5) is 25.0. The number of carboxylic acid groups (broad SMARTS) is 1. The number of carboxylic acids is 1. The Balaban J connectivity index is 1.95. The summed E-state index contributed by atoms with van der Waals surface area (Å²) in [5.74, 6) is -0.928. The maximum atomic E-state index is 11.8. The molecule has 114 valence electrons. The third kappa shape index (κ3) is 4.03. The van der Waals surface area contributed by atoms with Crippen LogP contribution in [0.3, 0.4) is 0 Å². The highest BCUT2D eigenvalue weighted by atomic mass is 16.5. The molecule has 1 aromatic rings. The van der Waals surface area contributed by atoms with Crippen molar-refractivity contribution in [3.05, 3.63) is 34.9 Å². The van der Waals surface area contributed by atoms with Crippen LogP contribution in [0.25, 0.3) is 0 Å². The second-order valence-electron chi connectivity index (χ2n) is 5.05. The van der Waals surface area contributed by atoms with Crippen molar-refractivity contribution in [2.75, 3.05) is 33.4 Å². The molecule has 0 spiro atoms. The van der Waals surface area contributed by atoms with Gasteiger partial charge in [0.15, 0.2) is 0 Å². The molecule has 0 fully saturated rings. The number of fused-ring (bicyclic) bond motifs is 1. The fraction of sp³-hybridized carbons (Fsp3) is 0.467. The third-order valence-electron chi connectivity index (χ3n) is 3.57. The van der Waals surface area contributed by atoms with E-state index in [1.165, 1.54) is 0 Å². The van der Waals surface area contributed by atoms with Crippen molar-refractivity contribution in [3.8, 4) is 0 Å². The van der Waals surface area contributed by atoms with Gasteiger partial charge in [0.1, 0.15) is 0 Å². The van der Waals surface area contributed by atoms with E-state index in [1.54, 1.807) is 19.2 Å². The van der Waals surface area contributed by atoms with Gasteiger partial charge >= 0.3 is 5.97 Å². The highest BCUT2D eigenvalue weighted by Gasteiger charge is 2.22. The van der Waals surface area contributed by atoms with Gasteiger partial charge in [0.05, 0.1) is 18.7 Å². The zero-order valence-electron chi connectivity index (χ0n) is 12.1. The molecule has 6 heteroatoms. The zero-order valence-corrected chi connectivity index (χ0v) is 12.1. The van der Waals surface area contributed by atoms with Crippen molar-refractivity contribution < 1.29 is 19.4 Å². The van der Waals surface area contributed by atoms with Gasteiger partial charge in [-0.25, -0.2) is 4.79 Å². The number of carbonyl (C=O) groups is 2. The van der Waals surface area contributed by atoms with E-state index in [9.17, 15) is 14.7 Å². The van der Waals surface area contributed by atoms with Crippen LogP contribution in [0.1, 0.15) is 21.5 Å². The lowest BCUT2D eigenvalue weighted by atomic mass is 9.94. The topological polar surface area (TPSA) is 78.9 Å². The summed E-state index contributed by atoms with van der Waals surface area (Å²) in [6.45, 7) is 2.61. The SMILES string of the molecule is COCCNC(=O)CN1CCc2c(cccc2C(=O)O)C1. The molecule has 0 saturated carbocycles. The second-order valence-corrected chi connectivity index (χ2v) is 5.05. The number of hydrogen-bond donors (Lipinski definition) is 2. The Kier molecular flexibility index (Phi) is 5.30. The molecule has 2 N–H and O–H groups in total. The predicted octanol–water partition coefficient (Wildman–Crippen LogP) is 0.506. The van der Waals surface area contributed by atoms with Crippen molar-refractivity contribution in [1.29, 1.82) is 0 Å². The fourth-order valence-corrected chi connectivity index (χ4v) is 2.55. The van der Waals surface area contributed by atoms with E-state index in [0.29, 0.717) is 44.8 Å². The van der Waals surface area contributed by atoms with Gasteiger partial charge in [0, 0.05) is 26.7 Å². The fourth-order valence-electron chi connectivity index (χ4n) is 2.55. The minimum atomic E-state index is -0.891. The van der Waals surface area contributed by atoms with Crippen molar-refractivity contribution in [2.24, 2.45) is 0 Å². The van der Waals surface area contributed by atoms with E-state index < -0.39 is 5.97 Å². The Morgan fingerprint density at radius 1 is 1.43 bits per heavy atom.